The van der Waals surface area contributed by atoms with Crippen molar-refractivity contribution in [2.45, 2.75) is 117 Å². The molecular formula is C30H50Nd2O8P4+4. The van der Waals surface area contributed by atoms with Crippen LogP contribution in [-0.2, 0) is 31.1 Å². The van der Waals surface area contributed by atoms with E-state index in [2.05, 4.69) is 50.2 Å². The van der Waals surface area contributed by atoms with Gasteiger partial charge in [-0.25, -0.2) is 18.3 Å². The van der Waals surface area contributed by atoms with E-state index >= 15 is 0 Å². The van der Waals surface area contributed by atoms with Crippen molar-refractivity contribution in [2.24, 2.45) is 0 Å². The van der Waals surface area contributed by atoms with Crippen LogP contribution in [-0.4, -0.2) is 19.6 Å². The zero-order valence-electron chi connectivity index (χ0n) is 26.1. The summed E-state index contributed by atoms with van der Waals surface area (Å²) in [6, 6.07) is 22.9. The molecule has 0 aliphatic heterocycles. The van der Waals surface area contributed by atoms with Crippen molar-refractivity contribution in [1.82, 2.24) is 0 Å². The summed E-state index contributed by atoms with van der Waals surface area (Å²) in [6.45, 7) is 4.54. The standard InChI is InChI=1S/2C15H23.2Nd.4HO2P/c2*1-2-3-4-5-6-7-9-12-15-13-10-8-11-14-15;;;4*1-3-2/h2*10-11,13-14H,2-7,9,12H2,1H3;;;4*(H,1,2)/q2*-1;2*+3;;;;. The third-order valence-corrected chi connectivity index (χ3v) is 5.71. The summed E-state index contributed by atoms with van der Waals surface area (Å²) >= 11 is 0. The van der Waals surface area contributed by atoms with Crippen molar-refractivity contribution >= 4 is 34.7 Å². The third kappa shape index (κ3) is 62.2. The molecule has 0 bridgehead atoms. The second-order valence-electron chi connectivity index (χ2n) is 8.89. The summed E-state index contributed by atoms with van der Waals surface area (Å²) in [5.41, 5.74) is 2.92. The van der Waals surface area contributed by atoms with Gasteiger partial charge >= 0.3 is 116 Å². The Hall–Kier alpha value is 1.38. The minimum atomic E-state index is -0.833. The Kier molecular flexibility index (Phi) is 78.3. The van der Waals surface area contributed by atoms with Gasteiger partial charge in [0.05, 0.1) is 0 Å². The van der Waals surface area contributed by atoms with Crippen LogP contribution >= 0.6 is 34.7 Å². The maximum Gasteiger partial charge on any atom is 3.00 e. The normalized spacial score (nSPS) is 9.05. The molecule has 0 aliphatic carbocycles. The zero-order valence-corrected chi connectivity index (χ0v) is 36.1. The molecule has 0 atom stereocenters. The number of aryl methyl sites for hydroxylation is 2. The first kappa shape index (κ1) is 57.6. The van der Waals surface area contributed by atoms with Crippen molar-refractivity contribution in [1.29, 1.82) is 0 Å². The second kappa shape index (κ2) is 59.8. The molecule has 44 heavy (non-hydrogen) atoms. The molecule has 0 aromatic heterocycles. The van der Waals surface area contributed by atoms with Gasteiger partial charge in [-0.2, -0.15) is 71.8 Å². The van der Waals surface area contributed by atoms with Gasteiger partial charge in [0.2, 0.25) is 0 Å². The van der Waals surface area contributed by atoms with Crippen molar-refractivity contribution in [3.63, 3.8) is 0 Å². The van der Waals surface area contributed by atoms with Crippen LogP contribution in [0.3, 0.4) is 0 Å². The molecule has 0 saturated carbocycles. The number of hydrogen-bond donors (Lipinski definition) is 4. The van der Waals surface area contributed by atoms with Crippen LogP contribution in [0.1, 0.15) is 115 Å². The van der Waals surface area contributed by atoms with Crippen molar-refractivity contribution < 1.29 is 120 Å². The summed E-state index contributed by atoms with van der Waals surface area (Å²) in [7, 11) is -3.33. The maximum absolute atomic E-state index is 8.46. The minimum absolute atomic E-state index is 0. The van der Waals surface area contributed by atoms with Gasteiger partial charge < -0.3 is 19.6 Å². The van der Waals surface area contributed by atoms with Crippen LogP contribution in [0.5, 0.6) is 0 Å². The quantitative estimate of drug-likeness (QED) is 0.0738. The van der Waals surface area contributed by atoms with Crippen LogP contribution in [0, 0.1) is 93.8 Å². The fourth-order valence-corrected chi connectivity index (χ4v) is 3.75. The van der Waals surface area contributed by atoms with Crippen LogP contribution in [0.4, 0.5) is 0 Å². The van der Waals surface area contributed by atoms with Gasteiger partial charge in [-0.1, -0.05) is 117 Å². The van der Waals surface area contributed by atoms with Crippen LogP contribution < -0.4 is 0 Å². The first-order valence-electron chi connectivity index (χ1n) is 14.3. The van der Waals surface area contributed by atoms with Crippen molar-refractivity contribution in [3.8, 4) is 0 Å². The van der Waals surface area contributed by atoms with E-state index in [1.165, 1.54) is 114 Å². The van der Waals surface area contributed by atoms with Gasteiger partial charge in [-0.05, 0) is 0 Å². The third-order valence-electron chi connectivity index (χ3n) is 5.71. The molecule has 0 aliphatic rings. The molecule has 0 unspecified atom stereocenters. The summed E-state index contributed by atoms with van der Waals surface area (Å²) in [4.78, 5) is 27.9. The molecule has 0 spiro atoms. The Balaban J connectivity index is -0.000000117. The Bertz CT molecular complexity index is 707. The largest absolute Gasteiger partial charge is 3.00 e. The zero-order chi connectivity index (χ0) is 32.4. The Morgan fingerprint density at radius 3 is 0.886 bits per heavy atom. The maximum atomic E-state index is 8.46. The molecule has 2 aromatic carbocycles. The average Bonchev–Trinajstić information content (AvgIpc) is 2.99. The second-order valence-corrected chi connectivity index (χ2v) is 9.54. The van der Waals surface area contributed by atoms with Crippen LogP contribution in [0.15, 0.2) is 48.5 Å². The molecule has 0 heterocycles. The summed E-state index contributed by atoms with van der Waals surface area (Å²) in [5, 5.41) is 0. The first-order valence-corrected chi connectivity index (χ1v) is 17.4. The van der Waals surface area contributed by atoms with E-state index in [4.69, 9.17) is 37.8 Å². The van der Waals surface area contributed by atoms with E-state index in [1.54, 1.807) is 0 Å². The van der Waals surface area contributed by atoms with Gasteiger partial charge in [0.1, 0.15) is 0 Å². The minimum Gasteiger partial charge on any atom is -0.310 e. The number of unbranched alkanes of at least 4 members (excludes halogenated alkanes) is 12. The Morgan fingerprint density at radius 2 is 0.659 bits per heavy atom. The van der Waals surface area contributed by atoms with Crippen LogP contribution in [0.25, 0.3) is 0 Å². The SMILES string of the molecule is CCCCCCCCCc1cc[c-]cc1.CCCCCCCCCc1cc[c-]cc1.O=PO.O=PO.O=PO.O=PO.[Nd+3].[Nd+3]. The number of rotatable bonds is 16. The summed E-state index contributed by atoms with van der Waals surface area (Å²) < 4.78 is 33.8. The first-order chi connectivity index (χ1) is 20.5. The van der Waals surface area contributed by atoms with Crippen molar-refractivity contribution in [2.75, 3.05) is 0 Å². The monoisotopic (exact) mass is 946 g/mol. The Morgan fingerprint density at radius 1 is 0.455 bits per heavy atom. The van der Waals surface area contributed by atoms with E-state index in [0.29, 0.717) is 0 Å². The van der Waals surface area contributed by atoms with E-state index in [-0.39, 0.29) is 81.7 Å². The van der Waals surface area contributed by atoms with Crippen molar-refractivity contribution in [3.05, 3.63) is 71.8 Å². The molecule has 4 N–H and O–H groups in total. The van der Waals surface area contributed by atoms with E-state index in [1.807, 2.05) is 24.3 Å². The average molecular weight is 951 g/mol. The number of hydrogen-bond acceptors (Lipinski definition) is 4. The molecule has 242 valence electrons. The fourth-order valence-electron chi connectivity index (χ4n) is 3.75. The van der Waals surface area contributed by atoms with E-state index < -0.39 is 34.7 Å². The molecule has 14 heteroatoms. The van der Waals surface area contributed by atoms with Gasteiger partial charge in [0.15, 0.2) is 0 Å². The molecule has 8 nitrogen and oxygen atoms in total. The summed E-state index contributed by atoms with van der Waals surface area (Å²) in [6.07, 6.45) is 22.0. The predicted molar refractivity (Wildman–Crippen MR) is 173 cm³/mol. The molecule has 2 rings (SSSR count). The van der Waals surface area contributed by atoms with Crippen LogP contribution in [0.2, 0.25) is 0 Å². The smallest absolute Gasteiger partial charge is 0.310 e. The topological polar surface area (TPSA) is 149 Å². The van der Waals surface area contributed by atoms with Gasteiger partial charge in [0, 0.05) is 0 Å². The molecule has 0 fully saturated rings. The van der Waals surface area contributed by atoms with Gasteiger partial charge in [-0.15, -0.1) is 0 Å². The fraction of sp³-hybridized carbons (Fsp3) is 0.600. The predicted octanol–water partition coefficient (Wildman–Crippen LogP) is 10.3. The molecule has 0 saturated heterocycles. The molecule has 2 radical (unpaired) electrons. The molecule has 0 amide bonds. The number of benzene rings is 2. The molecule has 2 aromatic rings. The summed E-state index contributed by atoms with van der Waals surface area (Å²) in [5.74, 6) is 0. The Labute approximate surface area is 338 Å². The van der Waals surface area contributed by atoms with E-state index in [0.717, 1.165) is 0 Å². The van der Waals surface area contributed by atoms with Gasteiger partial charge in [0.25, 0.3) is 0 Å². The van der Waals surface area contributed by atoms with Gasteiger partial charge in [-0.3, -0.25) is 0 Å². The van der Waals surface area contributed by atoms with E-state index in [9.17, 15) is 0 Å². The molecular weight excluding hydrogens is 901 g/mol.